The van der Waals surface area contributed by atoms with Crippen LogP contribution in [0.3, 0.4) is 0 Å². The minimum absolute atomic E-state index is 0.376. The van der Waals surface area contributed by atoms with Crippen LogP contribution in [0, 0.1) is 5.41 Å². The fourth-order valence-electron chi connectivity index (χ4n) is 0.706. The van der Waals surface area contributed by atoms with Crippen LogP contribution >= 0.6 is 11.8 Å². The number of aliphatic carboxylic acids is 1. The molecule has 0 rings (SSSR count). The zero-order valence-electron chi connectivity index (χ0n) is 7.80. The lowest BCUT2D eigenvalue weighted by Crippen LogP contribution is -2.41. The molecule has 0 saturated carbocycles. The number of alkyl halides is 3. The highest BCUT2D eigenvalue weighted by Gasteiger charge is 2.40. The van der Waals surface area contributed by atoms with Gasteiger partial charge in [0.1, 0.15) is 5.41 Å². The quantitative estimate of drug-likeness (QED) is 0.713. The van der Waals surface area contributed by atoms with E-state index in [1.807, 2.05) is 0 Å². The van der Waals surface area contributed by atoms with E-state index in [-0.39, 0.29) is 11.8 Å². The third kappa shape index (κ3) is 4.41. The Morgan fingerprint density at radius 2 is 1.87 bits per heavy atom. The van der Waals surface area contributed by atoms with Crippen LogP contribution in [0.1, 0.15) is 13.3 Å². The van der Waals surface area contributed by atoms with Crippen LogP contribution in [0.4, 0.5) is 13.2 Å². The van der Waals surface area contributed by atoms with Crippen molar-refractivity contribution in [3.63, 3.8) is 0 Å². The molecule has 0 radical (unpaired) electrons. The number of amides is 1. The van der Waals surface area contributed by atoms with E-state index in [1.54, 1.807) is 0 Å². The fraction of sp³-hybridized carbons (Fsp3) is 0.714. The van der Waals surface area contributed by atoms with E-state index in [1.165, 1.54) is 0 Å². The zero-order chi connectivity index (χ0) is 12.3. The highest BCUT2D eigenvalue weighted by Crippen LogP contribution is 2.33. The van der Waals surface area contributed by atoms with E-state index < -0.39 is 35.0 Å². The van der Waals surface area contributed by atoms with Crippen molar-refractivity contribution in [3.05, 3.63) is 0 Å². The summed E-state index contributed by atoms with van der Waals surface area (Å²) in [5.74, 6) is -3.18. The van der Waals surface area contributed by atoms with Crippen LogP contribution in [-0.2, 0) is 9.59 Å². The number of thioether (sulfide) groups is 1. The molecule has 0 aromatic rings. The van der Waals surface area contributed by atoms with Crippen LogP contribution in [0.25, 0.3) is 0 Å². The standard InChI is InChI=1S/C7H10F3NO3S/c1-6(4(11)12,5(13)14)2-3-15-7(8,9)10/h2-3H2,1H3,(H2,11,12)(H,13,14). The maximum atomic E-state index is 11.7. The summed E-state index contributed by atoms with van der Waals surface area (Å²) < 4.78 is 35.2. The highest BCUT2D eigenvalue weighted by molar-refractivity contribution is 8.00. The number of rotatable bonds is 5. The van der Waals surface area contributed by atoms with Gasteiger partial charge in [-0.2, -0.15) is 13.2 Å². The monoisotopic (exact) mass is 245 g/mol. The molecule has 0 aliphatic heterocycles. The topological polar surface area (TPSA) is 80.4 Å². The van der Waals surface area contributed by atoms with E-state index in [2.05, 4.69) is 0 Å². The summed E-state index contributed by atoms with van der Waals surface area (Å²) in [4.78, 5) is 21.4. The van der Waals surface area contributed by atoms with Crippen LogP contribution in [0.5, 0.6) is 0 Å². The van der Waals surface area contributed by atoms with Crippen molar-refractivity contribution < 1.29 is 27.9 Å². The molecule has 15 heavy (non-hydrogen) atoms. The molecule has 0 heterocycles. The van der Waals surface area contributed by atoms with E-state index in [0.29, 0.717) is 0 Å². The first kappa shape index (κ1) is 14.1. The maximum absolute atomic E-state index is 11.7. The van der Waals surface area contributed by atoms with Crippen LogP contribution in [0.15, 0.2) is 0 Å². The largest absolute Gasteiger partial charge is 0.480 e. The SMILES string of the molecule is CC(CCSC(F)(F)F)(C(N)=O)C(=O)O. The molecule has 0 bridgehead atoms. The second-order valence-corrected chi connectivity index (χ2v) is 4.21. The van der Waals surface area contributed by atoms with Gasteiger partial charge in [0.2, 0.25) is 5.91 Å². The van der Waals surface area contributed by atoms with E-state index in [0.717, 1.165) is 6.92 Å². The smallest absolute Gasteiger partial charge is 0.441 e. The molecule has 3 N–H and O–H groups in total. The lowest BCUT2D eigenvalue weighted by atomic mass is 9.87. The Morgan fingerprint density at radius 3 is 2.13 bits per heavy atom. The Hall–Kier alpha value is -0.920. The number of hydrogen-bond donors (Lipinski definition) is 2. The van der Waals surface area contributed by atoms with Gasteiger partial charge in [-0.25, -0.2) is 0 Å². The van der Waals surface area contributed by atoms with Gasteiger partial charge < -0.3 is 10.8 Å². The molecule has 88 valence electrons. The van der Waals surface area contributed by atoms with Gasteiger partial charge in [-0.1, -0.05) is 11.8 Å². The van der Waals surface area contributed by atoms with E-state index >= 15 is 0 Å². The van der Waals surface area contributed by atoms with Gasteiger partial charge >= 0.3 is 11.5 Å². The third-order valence-corrected chi connectivity index (χ3v) is 2.62. The Bertz CT molecular complexity index is 253. The third-order valence-electron chi connectivity index (χ3n) is 1.88. The summed E-state index contributed by atoms with van der Waals surface area (Å²) >= 11 is -0.376. The van der Waals surface area contributed by atoms with Gasteiger partial charge in [-0.3, -0.25) is 9.59 Å². The van der Waals surface area contributed by atoms with Gasteiger partial charge in [0.05, 0.1) is 0 Å². The number of carbonyl (C=O) groups is 2. The zero-order valence-corrected chi connectivity index (χ0v) is 8.61. The summed E-state index contributed by atoms with van der Waals surface area (Å²) in [5, 5.41) is 8.64. The Morgan fingerprint density at radius 1 is 1.40 bits per heavy atom. The first-order valence-corrected chi connectivity index (χ1v) is 4.82. The van der Waals surface area contributed by atoms with E-state index in [4.69, 9.17) is 10.8 Å². The molecule has 1 atom stereocenters. The van der Waals surface area contributed by atoms with Crippen molar-refractivity contribution in [1.82, 2.24) is 0 Å². The second-order valence-electron chi connectivity index (χ2n) is 3.05. The van der Waals surface area contributed by atoms with E-state index in [9.17, 15) is 22.8 Å². The van der Waals surface area contributed by atoms with Crippen molar-refractivity contribution in [3.8, 4) is 0 Å². The van der Waals surface area contributed by atoms with Crippen molar-refractivity contribution in [2.45, 2.75) is 18.9 Å². The molecule has 0 fully saturated rings. The lowest BCUT2D eigenvalue weighted by molar-refractivity contribution is -0.153. The fourth-order valence-corrected chi connectivity index (χ4v) is 1.45. The van der Waals surface area contributed by atoms with Crippen molar-refractivity contribution in [2.75, 3.05) is 5.75 Å². The first-order valence-electron chi connectivity index (χ1n) is 3.83. The van der Waals surface area contributed by atoms with Gasteiger partial charge in [0.15, 0.2) is 0 Å². The molecular formula is C7H10F3NO3S. The molecule has 0 aliphatic carbocycles. The molecule has 0 aromatic carbocycles. The van der Waals surface area contributed by atoms with Gasteiger partial charge in [-0.15, -0.1) is 0 Å². The molecule has 0 spiro atoms. The van der Waals surface area contributed by atoms with Crippen LogP contribution in [-0.4, -0.2) is 28.2 Å². The van der Waals surface area contributed by atoms with Gasteiger partial charge in [0.25, 0.3) is 0 Å². The lowest BCUT2D eigenvalue weighted by Gasteiger charge is -2.20. The van der Waals surface area contributed by atoms with Crippen LogP contribution in [0.2, 0.25) is 0 Å². The molecule has 4 nitrogen and oxygen atoms in total. The van der Waals surface area contributed by atoms with Gasteiger partial charge in [0, 0.05) is 5.75 Å². The van der Waals surface area contributed by atoms with Crippen LogP contribution < -0.4 is 5.73 Å². The molecule has 1 amide bonds. The minimum atomic E-state index is -4.43. The molecule has 1 unspecified atom stereocenters. The summed E-state index contributed by atoms with van der Waals surface area (Å²) in [5.41, 5.74) is -1.57. The Labute approximate surface area is 88.0 Å². The second kappa shape index (κ2) is 4.73. The number of carboxylic acid groups (broad SMARTS) is 1. The Balaban J connectivity index is 4.34. The minimum Gasteiger partial charge on any atom is -0.480 e. The summed E-state index contributed by atoms with van der Waals surface area (Å²) in [6.07, 6.45) is -0.457. The highest BCUT2D eigenvalue weighted by atomic mass is 32.2. The number of halogens is 3. The normalized spacial score (nSPS) is 15.7. The van der Waals surface area contributed by atoms with Crippen molar-refractivity contribution in [2.24, 2.45) is 11.1 Å². The summed E-state index contributed by atoms with van der Waals surface area (Å²) in [6.45, 7) is 1.01. The first-order chi connectivity index (χ1) is 6.59. The van der Waals surface area contributed by atoms with Crippen molar-refractivity contribution in [1.29, 1.82) is 0 Å². The summed E-state index contributed by atoms with van der Waals surface area (Å²) in [7, 11) is 0. The number of primary amides is 1. The number of carboxylic acids is 1. The number of nitrogens with two attached hydrogens (primary N) is 1. The van der Waals surface area contributed by atoms with Crippen molar-refractivity contribution >= 4 is 23.6 Å². The summed E-state index contributed by atoms with van der Waals surface area (Å²) in [6, 6.07) is 0. The number of carbonyl (C=O) groups excluding carboxylic acids is 1. The molecule has 0 saturated heterocycles. The molecule has 0 aromatic heterocycles. The average molecular weight is 245 g/mol. The average Bonchev–Trinajstić information content (AvgIpc) is 2.00. The molecule has 0 aliphatic rings. The maximum Gasteiger partial charge on any atom is 0.441 e. The predicted octanol–water partition coefficient (Wildman–Crippen LogP) is 1.21. The molecular weight excluding hydrogens is 235 g/mol. The van der Waals surface area contributed by atoms with Gasteiger partial charge in [-0.05, 0) is 13.3 Å². The molecule has 8 heteroatoms. The number of hydrogen-bond acceptors (Lipinski definition) is 3. The Kier molecular flexibility index (Phi) is 4.44. The predicted molar refractivity (Wildman–Crippen MR) is 48.1 cm³/mol.